The second kappa shape index (κ2) is 8.86. The lowest BCUT2D eigenvalue weighted by atomic mass is 10.1. The number of benzene rings is 1. The number of pyridine rings is 1. The molecule has 0 amide bonds. The minimum Gasteiger partial charge on any atom is -0.493 e. The second-order valence-corrected chi connectivity index (χ2v) is 8.86. The molecule has 1 fully saturated rings. The average molecular weight is 442 g/mol. The van der Waals surface area contributed by atoms with Crippen molar-refractivity contribution >= 4 is 15.8 Å². The maximum Gasteiger partial charge on any atom is 0.244 e. The number of hydrogen-bond acceptors (Lipinski definition) is 8. The lowest BCUT2D eigenvalue weighted by Gasteiger charge is -2.34. The van der Waals surface area contributed by atoms with Gasteiger partial charge in [0.15, 0.2) is 17.3 Å². The Morgan fingerprint density at radius 1 is 0.903 bits per heavy atom. The molecule has 0 atom stereocenters. The van der Waals surface area contributed by atoms with Crippen LogP contribution in [0.5, 0.6) is 11.5 Å². The Morgan fingerprint density at radius 2 is 1.68 bits per heavy atom. The molecule has 0 N–H and O–H groups in total. The molecule has 0 aliphatic carbocycles. The first-order valence-electron chi connectivity index (χ1n) is 9.74. The third-order valence-corrected chi connectivity index (χ3v) is 7.05. The van der Waals surface area contributed by atoms with Gasteiger partial charge in [-0.05, 0) is 42.5 Å². The Bertz CT molecular complexity index is 1130. The van der Waals surface area contributed by atoms with Crippen LogP contribution in [0.1, 0.15) is 0 Å². The standard InChI is InChI=1S/C21H23N5O4S/c1-29-19-7-5-16(14-20(19)30-2)18-6-8-21(24-23-18)25-10-12-26(13-11-25)31(27,28)17-4-3-9-22-15-17/h3-9,14-15H,10-13H2,1-2H3. The third kappa shape index (κ3) is 4.30. The highest BCUT2D eigenvalue weighted by atomic mass is 32.2. The van der Waals surface area contributed by atoms with Crippen LogP contribution in [0.4, 0.5) is 5.82 Å². The molecule has 1 saturated heterocycles. The van der Waals surface area contributed by atoms with E-state index in [0.717, 1.165) is 5.56 Å². The van der Waals surface area contributed by atoms with Gasteiger partial charge in [0, 0.05) is 44.1 Å². The number of aromatic nitrogens is 3. The van der Waals surface area contributed by atoms with Crippen molar-refractivity contribution in [2.45, 2.75) is 4.90 Å². The molecular weight excluding hydrogens is 418 g/mol. The zero-order valence-electron chi connectivity index (χ0n) is 17.3. The van der Waals surface area contributed by atoms with E-state index in [0.29, 0.717) is 49.2 Å². The highest BCUT2D eigenvalue weighted by Crippen LogP contribution is 2.31. The summed E-state index contributed by atoms with van der Waals surface area (Å²) in [6, 6.07) is 12.5. The zero-order valence-corrected chi connectivity index (χ0v) is 18.1. The number of hydrogen-bond donors (Lipinski definition) is 0. The molecule has 162 valence electrons. The van der Waals surface area contributed by atoms with Gasteiger partial charge in [-0.3, -0.25) is 4.98 Å². The van der Waals surface area contributed by atoms with Crippen LogP contribution in [-0.2, 0) is 10.0 Å². The molecule has 1 aliphatic rings. The molecule has 10 heteroatoms. The third-order valence-electron chi connectivity index (χ3n) is 5.16. The minimum atomic E-state index is -3.54. The second-order valence-electron chi connectivity index (χ2n) is 6.93. The van der Waals surface area contributed by atoms with Crippen LogP contribution >= 0.6 is 0 Å². The van der Waals surface area contributed by atoms with Gasteiger partial charge < -0.3 is 14.4 Å². The molecule has 1 aromatic carbocycles. The topological polar surface area (TPSA) is 97.8 Å². The molecule has 0 spiro atoms. The highest BCUT2D eigenvalue weighted by molar-refractivity contribution is 7.89. The van der Waals surface area contributed by atoms with Gasteiger partial charge in [-0.2, -0.15) is 4.31 Å². The molecule has 4 rings (SSSR count). The smallest absolute Gasteiger partial charge is 0.244 e. The molecule has 0 saturated carbocycles. The minimum absolute atomic E-state index is 0.211. The van der Waals surface area contributed by atoms with Crippen molar-refractivity contribution in [1.29, 1.82) is 0 Å². The summed E-state index contributed by atoms with van der Waals surface area (Å²) in [4.78, 5) is 6.15. The van der Waals surface area contributed by atoms with Crippen molar-refractivity contribution in [3.63, 3.8) is 0 Å². The lowest BCUT2D eigenvalue weighted by molar-refractivity contribution is 0.355. The van der Waals surface area contributed by atoms with E-state index in [1.54, 1.807) is 32.5 Å². The van der Waals surface area contributed by atoms with Crippen molar-refractivity contribution in [3.05, 3.63) is 54.9 Å². The van der Waals surface area contributed by atoms with E-state index < -0.39 is 10.0 Å². The highest BCUT2D eigenvalue weighted by Gasteiger charge is 2.29. The molecule has 0 unspecified atom stereocenters. The van der Waals surface area contributed by atoms with E-state index in [1.807, 2.05) is 35.2 Å². The quantitative estimate of drug-likeness (QED) is 0.573. The van der Waals surface area contributed by atoms with Gasteiger partial charge in [0.1, 0.15) is 4.90 Å². The van der Waals surface area contributed by atoms with E-state index in [2.05, 4.69) is 15.2 Å². The summed E-state index contributed by atoms with van der Waals surface area (Å²) < 4.78 is 37.6. The first-order valence-corrected chi connectivity index (χ1v) is 11.2. The van der Waals surface area contributed by atoms with Gasteiger partial charge in [-0.25, -0.2) is 8.42 Å². The zero-order chi connectivity index (χ0) is 21.8. The largest absolute Gasteiger partial charge is 0.493 e. The van der Waals surface area contributed by atoms with E-state index >= 15 is 0 Å². The summed E-state index contributed by atoms with van der Waals surface area (Å²) in [5.74, 6) is 1.98. The lowest BCUT2D eigenvalue weighted by Crippen LogP contribution is -2.49. The van der Waals surface area contributed by atoms with Crippen molar-refractivity contribution in [3.8, 4) is 22.8 Å². The summed E-state index contributed by atoms with van der Waals surface area (Å²) in [6.07, 6.45) is 2.93. The molecule has 9 nitrogen and oxygen atoms in total. The van der Waals surface area contributed by atoms with Gasteiger partial charge in [0.2, 0.25) is 10.0 Å². The summed E-state index contributed by atoms with van der Waals surface area (Å²) in [5, 5.41) is 8.69. The molecular formula is C21H23N5O4S. The van der Waals surface area contributed by atoms with Crippen LogP contribution < -0.4 is 14.4 Å². The van der Waals surface area contributed by atoms with Crippen LogP contribution in [0.3, 0.4) is 0 Å². The van der Waals surface area contributed by atoms with E-state index in [4.69, 9.17) is 9.47 Å². The first kappa shape index (κ1) is 21.0. The molecule has 0 bridgehead atoms. The van der Waals surface area contributed by atoms with Crippen molar-refractivity contribution in [2.24, 2.45) is 0 Å². The predicted octanol–water partition coefficient (Wildman–Crippen LogP) is 2.07. The number of sulfonamides is 1. The molecule has 3 aromatic rings. The normalized spacial score (nSPS) is 15.0. The molecule has 2 aromatic heterocycles. The van der Waals surface area contributed by atoms with Crippen molar-refractivity contribution in [2.75, 3.05) is 45.3 Å². The summed E-state index contributed by atoms with van der Waals surface area (Å²) >= 11 is 0. The number of methoxy groups -OCH3 is 2. The summed E-state index contributed by atoms with van der Waals surface area (Å²) in [5.41, 5.74) is 1.58. The van der Waals surface area contributed by atoms with Gasteiger partial charge >= 0.3 is 0 Å². The van der Waals surface area contributed by atoms with E-state index in [-0.39, 0.29) is 4.90 Å². The molecule has 0 radical (unpaired) electrons. The van der Waals surface area contributed by atoms with Gasteiger partial charge in [0.05, 0.1) is 19.9 Å². The molecule has 31 heavy (non-hydrogen) atoms. The van der Waals surface area contributed by atoms with E-state index in [9.17, 15) is 8.42 Å². The number of piperazine rings is 1. The average Bonchev–Trinajstić information content (AvgIpc) is 2.84. The van der Waals surface area contributed by atoms with Gasteiger partial charge in [-0.1, -0.05) is 0 Å². The predicted molar refractivity (Wildman–Crippen MR) is 116 cm³/mol. The molecule has 3 heterocycles. The number of ether oxygens (including phenoxy) is 2. The fraction of sp³-hybridized carbons (Fsp3) is 0.286. The Labute approximate surface area is 181 Å². The number of nitrogens with zero attached hydrogens (tertiary/aromatic N) is 5. The van der Waals surface area contributed by atoms with Crippen LogP contribution in [0.2, 0.25) is 0 Å². The Kier molecular flexibility index (Phi) is 6.01. The SMILES string of the molecule is COc1ccc(-c2ccc(N3CCN(S(=O)(=O)c4cccnc4)CC3)nn2)cc1OC. The van der Waals surface area contributed by atoms with Crippen molar-refractivity contribution < 1.29 is 17.9 Å². The fourth-order valence-corrected chi connectivity index (χ4v) is 4.84. The summed E-state index contributed by atoms with van der Waals surface area (Å²) in [6.45, 7) is 1.81. The number of rotatable bonds is 6. The molecule has 1 aliphatic heterocycles. The Hall–Kier alpha value is -3.24. The van der Waals surface area contributed by atoms with Gasteiger partial charge in [0.25, 0.3) is 0 Å². The first-order chi connectivity index (χ1) is 15.0. The Morgan fingerprint density at radius 3 is 2.29 bits per heavy atom. The monoisotopic (exact) mass is 441 g/mol. The van der Waals surface area contributed by atoms with Crippen LogP contribution in [-0.4, -0.2) is 68.3 Å². The van der Waals surface area contributed by atoms with Gasteiger partial charge in [-0.15, -0.1) is 10.2 Å². The summed E-state index contributed by atoms with van der Waals surface area (Å²) in [7, 11) is -0.358. The van der Waals surface area contributed by atoms with Crippen molar-refractivity contribution in [1.82, 2.24) is 19.5 Å². The van der Waals surface area contributed by atoms with E-state index in [1.165, 1.54) is 10.5 Å². The van der Waals surface area contributed by atoms with Crippen LogP contribution in [0, 0.1) is 0 Å². The fourth-order valence-electron chi connectivity index (χ4n) is 3.45. The van der Waals surface area contributed by atoms with Crippen LogP contribution in [0.25, 0.3) is 11.3 Å². The van der Waals surface area contributed by atoms with Crippen LogP contribution in [0.15, 0.2) is 59.8 Å². The maximum absolute atomic E-state index is 12.8. The Balaban J connectivity index is 1.44. The maximum atomic E-state index is 12.8. The number of anilines is 1.